The molecule has 0 bridgehead atoms. The van der Waals surface area contributed by atoms with Gasteiger partial charge in [-0.25, -0.2) is 4.89 Å². The van der Waals surface area contributed by atoms with E-state index in [1.54, 1.807) is 0 Å². The monoisotopic (exact) mass is 200 g/mol. The fourth-order valence-corrected chi connectivity index (χ4v) is 2.32. The molecule has 0 rings (SSSR count). The maximum absolute atomic E-state index is 8.31. The van der Waals surface area contributed by atoms with E-state index in [1.165, 1.54) is 0 Å². The van der Waals surface area contributed by atoms with Gasteiger partial charge in [-0.15, -0.1) is 0 Å². The largest absolute Gasteiger partial charge is 0.251 e. The molecular formula is C12H24O2. The van der Waals surface area contributed by atoms with E-state index in [-0.39, 0.29) is 12.0 Å². The molecule has 0 amide bonds. The second-order valence-electron chi connectivity index (χ2n) is 6.10. The maximum atomic E-state index is 8.31. The Morgan fingerprint density at radius 2 is 1.71 bits per heavy atom. The van der Waals surface area contributed by atoms with Crippen LogP contribution in [-0.4, -0.2) is 11.9 Å². The first-order valence-corrected chi connectivity index (χ1v) is 5.09. The van der Waals surface area contributed by atoms with Crippen molar-refractivity contribution in [2.24, 2.45) is 10.8 Å². The first-order chi connectivity index (χ1) is 6.16. The van der Waals surface area contributed by atoms with Crippen LogP contribution in [0, 0.1) is 10.8 Å². The summed E-state index contributed by atoms with van der Waals surface area (Å²) >= 11 is 0. The molecule has 0 atom stereocenters. The van der Waals surface area contributed by atoms with Crippen molar-refractivity contribution in [3.63, 3.8) is 0 Å². The number of hydrogen-bond donors (Lipinski definition) is 1. The highest BCUT2D eigenvalue weighted by molar-refractivity contribution is 4.99. The minimum atomic E-state index is 0.216. The molecule has 0 spiro atoms. The van der Waals surface area contributed by atoms with E-state index in [2.05, 4.69) is 46.1 Å². The Labute approximate surface area is 87.9 Å². The smallest absolute Gasteiger partial charge is 0.103 e. The highest BCUT2D eigenvalue weighted by Gasteiger charge is 2.25. The molecule has 0 heterocycles. The molecule has 0 aromatic rings. The summed E-state index contributed by atoms with van der Waals surface area (Å²) in [4.78, 5) is 4.08. The third-order valence-electron chi connectivity index (χ3n) is 2.01. The van der Waals surface area contributed by atoms with E-state index in [9.17, 15) is 0 Å². The van der Waals surface area contributed by atoms with E-state index in [1.807, 2.05) is 0 Å². The minimum absolute atomic E-state index is 0.216. The van der Waals surface area contributed by atoms with Gasteiger partial charge in [-0.2, -0.15) is 0 Å². The highest BCUT2D eigenvalue weighted by Crippen LogP contribution is 2.37. The van der Waals surface area contributed by atoms with Crippen LogP contribution in [0.5, 0.6) is 0 Å². The first kappa shape index (κ1) is 13.7. The van der Waals surface area contributed by atoms with Crippen molar-refractivity contribution in [3.05, 3.63) is 12.2 Å². The molecule has 0 aromatic heterocycles. The molecule has 1 N–H and O–H groups in total. The molecule has 2 heteroatoms. The summed E-state index contributed by atoms with van der Waals surface area (Å²) in [6, 6.07) is 0. The summed E-state index contributed by atoms with van der Waals surface area (Å²) < 4.78 is 0. The van der Waals surface area contributed by atoms with Crippen molar-refractivity contribution >= 4 is 0 Å². The lowest BCUT2D eigenvalue weighted by molar-refractivity contribution is -0.234. The molecular weight excluding hydrogens is 176 g/mol. The summed E-state index contributed by atoms with van der Waals surface area (Å²) in [5.74, 6) is 0. The third kappa shape index (κ3) is 7.10. The first-order valence-electron chi connectivity index (χ1n) is 5.09. The Hall–Kier alpha value is -0.340. The van der Waals surface area contributed by atoms with Gasteiger partial charge in [0.15, 0.2) is 0 Å². The summed E-state index contributed by atoms with van der Waals surface area (Å²) in [5.41, 5.74) is 1.49. The predicted molar refractivity (Wildman–Crippen MR) is 60.2 cm³/mol. The Balaban J connectivity index is 4.13. The van der Waals surface area contributed by atoms with Crippen LogP contribution in [0.2, 0.25) is 0 Å². The predicted octanol–water partition coefficient (Wildman–Crippen LogP) is 3.88. The van der Waals surface area contributed by atoms with Gasteiger partial charge >= 0.3 is 0 Å². The van der Waals surface area contributed by atoms with Crippen LogP contribution in [0.15, 0.2) is 12.2 Å². The van der Waals surface area contributed by atoms with Gasteiger partial charge < -0.3 is 0 Å². The summed E-state index contributed by atoms with van der Waals surface area (Å²) in [6.45, 7) is 15.3. The fourth-order valence-electron chi connectivity index (χ4n) is 2.32. The van der Waals surface area contributed by atoms with E-state index in [0.29, 0.717) is 5.41 Å². The maximum Gasteiger partial charge on any atom is 0.103 e. The van der Waals surface area contributed by atoms with Crippen molar-refractivity contribution in [1.29, 1.82) is 0 Å². The number of hydrogen-bond acceptors (Lipinski definition) is 2. The molecule has 2 nitrogen and oxygen atoms in total. The summed E-state index contributed by atoms with van der Waals surface area (Å²) in [7, 11) is 0. The van der Waals surface area contributed by atoms with Crippen LogP contribution in [0.3, 0.4) is 0 Å². The Kier molecular flexibility index (Phi) is 4.82. The number of rotatable bonds is 5. The Bertz CT molecular complexity index is 187. The van der Waals surface area contributed by atoms with Crippen molar-refractivity contribution < 1.29 is 10.1 Å². The lowest BCUT2D eigenvalue weighted by Gasteiger charge is -2.32. The Morgan fingerprint density at radius 1 is 1.21 bits per heavy atom. The van der Waals surface area contributed by atoms with Crippen molar-refractivity contribution in [1.82, 2.24) is 0 Å². The molecule has 0 aliphatic heterocycles. The van der Waals surface area contributed by atoms with Crippen LogP contribution in [0.25, 0.3) is 0 Å². The minimum Gasteiger partial charge on any atom is -0.251 e. The van der Waals surface area contributed by atoms with Gasteiger partial charge in [0.1, 0.15) is 6.61 Å². The van der Waals surface area contributed by atoms with Gasteiger partial charge in [-0.3, -0.25) is 5.26 Å². The van der Waals surface area contributed by atoms with E-state index in [4.69, 9.17) is 5.26 Å². The highest BCUT2D eigenvalue weighted by atomic mass is 17.1. The average Bonchev–Trinajstić information content (AvgIpc) is 1.78. The van der Waals surface area contributed by atoms with Crippen LogP contribution < -0.4 is 0 Å². The molecule has 14 heavy (non-hydrogen) atoms. The molecule has 0 fully saturated rings. The van der Waals surface area contributed by atoms with Gasteiger partial charge in [-0.05, 0) is 29.2 Å². The van der Waals surface area contributed by atoms with Crippen molar-refractivity contribution in [2.75, 3.05) is 6.61 Å². The second-order valence-corrected chi connectivity index (χ2v) is 6.10. The molecule has 0 aliphatic carbocycles. The zero-order chi connectivity index (χ0) is 11.4. The van der Waals surface area contributed by atoms with Crippen LogP contribution in [-0.2, 0) is 4.89 Å². The van der Waals surface area contributed by atoms with Crippen LogP contribution >= 0.6 is 0 Å². The zero-order valence-electron chi connectivity index (χ0n) is 10.2. The molecule has 0 radical (unpaired) electrons. The van der Waals surface area contributed by atoms with Crippen LogP contribution in [0.4, 0.5) is 0 Å². The second kappa shape index (κ2) is 4.94. The molecule has 0 aliphatic rings. The van der Waals surface area contributed by atoms with Crippen molar-refractivity contribution in [3.8, 4) is 0 Å². The molecule has 84 valence electrons. The van der Waals surface area contributed by atoms with Gasteiger partial charge in [0.2, 0.25) is 0 Å². The van der Waals surface area contributed by atoms with Gasteiger partial charge in [-0.1, -0.05) is 41.2 Å². The van der Waals surface area contributed by atoms with Gasteiger partial charge in [0.05, 0.1) is 0 Å². The average molecular weight is 200 g/mol. The standard InChI is InChI=1S/C12H24O2/c1-10(8-14-13)7-12(5,6)9-11(2,3)4/h13H,1,7-9H2,2-6H3. The SMILES string of the molecule is C=C(COO)CC(C)(C)CC(C)(C)C. The quantitative estimate of drug-likeness (QED) is 0.414. The normalized spacial score (nSPS) is 13.0. The van der Waals surface area contributed by atoms with E-state index in [0.717, 1.165) is 18.4 Å². The molecule has 0 saturated heterocycles. The fraction of sp³-hybridized carbons (Fsp3) is 0.833. The van der Waals surface area contributed by atoms with E-state index < -0.39 is 0 Å². The van der Waals surface area contributed by atoms with Gasteiger partial charge in [0.25, 0.3) is 0 Å². The lowest BCUT2D eigenvalue weighted by atomic mass is 9.73. The molecule has 0 unspecified atom stereocenters. The van der Waals surface area contributed by atoms with Gasteiger partial charge in [0, 0.05) is 0 Å². The van der Waals surface area contributed by atoms with Crippen LogP contribution in [0.1, 0.15) is 47.5 Å². The Morgan fingerprint density at radius 3 is 2.07 bits per heavy atom. The molecule has 0 saturated carbocycles. The van der Waals surface area contributed by atoms with Crippen molar-refractivity contribution in [2.45, 2.75) is 47.5 Å². The molecule has 0 aromatic carbocycles. The summed E-state index contributed by atoms with van der Waals surface area (Å²) in [5, 5.41) is 8.31. The third-order valence-corrected chi connectivity index (χ3v) is 2.01. The topological polar surface area (TPSA) is 29.5 Å². The lowest BCUT2D eigenvalue weighted by Crippen LogP contribution is -2.21. The summed E-state index contributed by atoms with van der Waals surface area (Å²) in [6.07, 6.45) is 2.02. The van der Waals surface area contributed by atoms with E-state index >= 15 is 0 Å². The zero-order valence-corrected chi connectivity index (χ0v) is 10.2.